The number of nitrogens with zero attached hydrogens (tertiary/aromatic N) is 2. The Balaban J connectivity index is 2.68. The molecule has 0 bridgehead atoms. The zero-order chi connectivity index (χ0) is 15.6. The van der Waals surface area contributed by atoms with Crippen molar-refractivity contribution in [3.63, 3.8) is 0 Å². The number of benzene rings is 1. The molecule has 1 aromatic heterocycles. The van der Waals surface area contributed by atoms with Crippen LogP contribution in [0.2, 0.25) is 0 Å². The molecule has 21 heavy (non-hydrogen) atoms. The molecule has 110 valence electrons. The van der Waals surface area contributed by atoms with Crippen molar-refractivity contribution in [3.05, 3.63) is 51.8 Å². The van der Waals surface area contributed by atoms with Crippen molar-refractivity contribution in [1.29, 1.82) is 0 Å². The Kier molecular flexibility index (Phi) is 3.97. The van der Waals surface area contributed by atoms with Crippen LogP contribution < -0.4 is 15.5 Å². The molecule has 1 heterocycles. The molecule has 0 aliphatic heterocycles. The average Bonchev–Trinajstić information content (AvgIpc) is 2.49. The Hall–Kier alpha value is -2.77. The van der Waals surface area contributed by atoms with Gasteiger partial charge in [0.05, 0.1) is 18.9 Å². The van der Waals surface area contributed by atoms with Crippen LogP contribution in [0.25, 0.3) is 5.69 Å². The van der Waals surface area contributed by atoms with E-state index in [-0.39, 0.29) is 17.3 Å². The van der Waals surface area contributed by atoms with Crippen LogP contribution in [0, 0.1) is 11.6 Å². The topological polar surface area (TPSA) is 73.2 Å². The predicted molar refractivity (Wildman–Crippen MR) is 69.7 cm³/mol. The Labute approximate surface area is 118 Å². The summed E-state index contributed by atoms with van der Waals surface area (Å²) in [5, 5.41) is 6.10. The molecule has 0 unspecified atom stereocenters. The predicted octanol–water partition coefficient (Wildman–Crippen LogP) is 0.879. The first kappa shape index (κ1) is 14.6. The Bertz CT molecular complexity index is 759. The van der Waals surface area contributed by atoms with E-state index in [1.54, 1.807) is 0 Å². The van der Waals surface area contributed by atoms with Gasteiger partial charge in [-0.3, -0.25) is 9.59 Å². The summed E-state index contributed by atoms with van der Waals surface area (Å²) in [7, 11) is 2.63. The molecule has 0 saturated carbocycles. The van der Waals surface area contributed by atoms with Crippen molar-refractivity contribution in [2.45, 2.75) is 0 Å². The van der Waals surface area contributed by atoms with Crippen molar-refractivity contribution in [2.75, 3.05) is 14.2 Å². The van der Waals surface area contributed by atoms with E-state index in [1.807, 2.05) is 0 Å². The minimum atomic E-state index is -1.09. The van der Waals surface area contributed by atoms with Crippen LogP contribution in [0.3, 0.4) is 0 Å². The van der Waals surface area contributed by atoms with E-state index >= 15 is 0 Å². The van der Waals surface area contributed by atoms with E-state index < -0.39 is 23.0 Å². The third-order valence-electron chi connectivity index (χ3n) is 2.70. The molecule has 0 atom stereocenters. The quantitative estimate of drug-likeness (QED) is 0.912. The number of carbonyl (C=O) groups excluding carboxylic acids is 1. The first-order chi connectivity index (χ1) is 9.97. The summed E-state index contributed by atoms with van der Waals surface area (Å²) in [5.41, 5.74) is -0.927. The van der Waals surface area contributed by atoms with Gasteiger partial charge in [0.1, 0.15) is 0 Å². The molecule has 2 aromatic rings. The van der Waals surface area contributed by atoms with E-state index in [0.717, 1.165) is 22.9 Å². The van der Waals surface area contributed by atoms with E-state index in [1.165, 1.54) is 20.2 Å². The standard InChI is InChI=1S/C13H11F2N3O3/c1-16-13(20)12-10(19)6-11(21-2)18(17-12)7-3-4-8(14)9(15)5-7/h3-6H,1-2H3,(H,16,20). The number of halogens is 2. The molecular formula is C13H11F2N3O3. The number of nitrogens with one attached hydrogen (secondary N) is 1. The molecule has 0 aliphatic rings. The zero-order valence-corrected chi connectivity index (χ0v) is 11.2. The van der Waals surface area contributed by atoms with Crippen LogP contribution in [0.5, 0.6) is 5.88 Å². The number of methoxy groups -OCH3 is 1. The molecule has 0 fully saturated rings. The first-order valence-corrected chi connectivity index (χ1v) is 5.83. The number of aromatic nitrogens is 2. The molecule has 1 N–H and O–H groups in total. The maximum Gasteiger partial charge on any atom is 0.275 e. The Morgan fingerprint density at radius 1 is 1.29 bits per heavy atom. The molecule has 1 amide bonds. The van der Waals surface area contributed by atoms with Crippen LogP contribution in [0.4, 0.5) is 8.78 Å². The van der Waals surface area contributed by atoms with Gasteiger partial charge in [0, 0.05) is 13.1 Å². The van der Waals surface area contributed by atoms with Crippen molar-refractivity contribution in [3.8, 4) is 11.6 Å². The average molecular weight is 295 g/mol. The van der Waals surface area contributed by atoms with Gasteiger partial charge in [0.25, 0.3) is 5.91 Å². The number of ether oxygens (including phenoxy) is 1. The summed E-state index contributed by atoms with van der Waals surface area (Å²) >= 11 is 0. The lowest BCUT2D eigenvalue weighted by Gasteiger charge is -2.12. The molecule has 1 aromatic carbocycles. The van der Waals surface area contributed by atoms with E-state index in [0.29, 0.717) is 0 Å². The van der Waals surface area contributed by atoms with Gasteiger partial charge in [-0.25, -0.2) is 13.5 Å². The Morgan fingerprint density at radius 2 is 2.00 bits per heavy atom. The molecule has 0 spiro atoms. The first-order valence-electron chi connectivity index (χ1n) is 5.83. The highest BCUT2D eigenvalue weighted by atomic mass is 19.2. The van der Waals surface area contributed by atoms with Crippen LogP contribution in [-0.4, -0.2) is 29.8 Å². The fourth-order valence-corrected chi connectivity index (χ4v) is 1.66. The summed E-state index contributed by atoms with van der Waals surface area (Å²) in [6.45, 7) is 0. The summed E-state index contributed by atoms with van der Waals surface area (Å²) in [6, 6.07) is 4.07. The molecular weight excluding hydrogens is 284 g/mol. The van der Waals surface area contributed by atoms with Gasteiger partial charge in [0.2, 0.25) is 11.3 Å². The molecule has 2 rings (SSSR count). The fraction of sp³-hybridized carbons (Fsp3) is 0.154. The highest BCUT2D eigenvalue weighted by Gasteiger charge is 2.16. The highest BCUT2D eigenvalue weighted by molar-refractivity contribution is 5.91. The van der Waals surface area contributed by atoms with Gasteiger partial charge in [-0.15, -0.1) is 0 Å². The lowest BCUT2D eigenvalue weighted by atomic mass is 10.3. The second-order valence-electron chi connectivity index (χ2n) is 3.99. The highest BCUT2D eigenvalue weighted by Crippen LogP contribution is 2.17. The number of carbonyl (C=O) groups is 1. The van der Waals surface area contributed by atoms with Crippen molar-refractivity contribution >= 4 is 5.91 Å². The summed E-state index contributed by atoms with van der Waals surface area (Å²) < 4.78 is 32.3. The van der Waals surface area contributed by atoms with Crippen LogP contribution in [-0.2, 0) is 0 Å². The van der Waals surface area contributed by atoms with Gasteiger partial charge in [-0.05, 0) is 12.1 Å². The van der Waals surface area contributed by atoms with Gasteiger partial charge in [0.15, 0.2) is 17.3 Å². The van der Waals surface area contributed by atoms with Gasteiger partial charge >= 0.3 is 0 Å². The second kappa shape index (κ2) is 5.70. The number of hydrogen-bond donors (Lipinski definition) is 1. The second-order valence-corrected chi connectivity index (χ2v) is 3.99. The summed E-state index contributed by atoms with van der Waals surface area (Å²) in [4.78, 5) is 23.3. The van der Waals surface area contributed by atoms with Gasteiger partial charge < -0.3 is 10.1 Å². The summed E-state index contributed by atoms with van der Waals surface area (Å²) in [5.74, 6) is -2.82. The molecule has 0 aliphatic carbocycles. The zero-order valence-electron chi connectivity index (χ0n) is 11.2. The van der Waals surface area contributed by atoms with Crippen LogP contribution in [0.1, 0.15) is 10.5 Å². The SMILES string of the molecule is CNC(=O)c1nn(-c2ccc(F)c(F)c2)c(OC)cc1=O. The van der Waals surface area contributed by atoms with Gasteiger partial charge in [-0.1, -0.05) is 0 Å². The maximum absolute atomic E-state index is 13.3. The molecule has 6 nitrogen and oxygen atoms in total. The number of rotatable bonds is 3. The van der Waals surface area contributed by atoms with E-state index in [9.17, 15) is 18.4 Å². The van der Waals surface area contributed by atoms with Gasteiger partial charge in [-0.2, -0.15) is 5.10 Å². The van der Waals surface area contributed by atoms with Crippen molar-refractivity contribution in [2.24, 2.45) is 0 Å². The lowest BCUT2D eigenvalue weighted by molar-refractivity contribution is 0.0955. The lowest BCUT2D eigenvalue weighted by Crippen LogP contribution is -2.29. The van der Waals surface area contributed by atoms with Crippen molar-refractivity contribution in [1.82, 2.24) is 15.1 Å². The maximum atomic E-state index is 13.3. The monoisotopic (exact) mass is 295 g/mol. The molecule has 8 heteroatoms. The van der Waals surface area contributed by atoms with E-state index in [2.05, 4.69) is 10.4 Å². The minimum absolute atomic E-state index is 0.0151. The number of amides is 1. The third-order valence-corrected chi connectivity index (χ3v) is 2.70. The Morgan fingerprint density at radius 3 is 2.57 bits per heavy atom. The smallest absolute Gasteiger partial charge is 0.275 e. The largest absolute Gasteiger partial charge is 0.481 e. The minimum Gasteiger partial charge on any atom is -0.481 e. The molecule has 0 radical (unpaired) electrons. The van der Waals surface area contributed by atoms with Crippen LogP contribution >= 0.6 is 0 Å². The normalized spacial score (nSPS) is 10.3. The van der Waals surface area contributed by atoms with Crippen LogP contribution in [0.15, 0.2) is 29.1 Å². The summed E-state index contributed by atoms with van der Waals surface area (Å²) in [6.07, 6.45) is 0. The molecule has 0 saturated heterocycles. The number of hydrogen-bond acceptors (Lipinski definition) is 4. The third kappa shape index (κ3) is 2.73. The fourth-order valence-electron chi connectivity index (χ4n) is 1.66. The van der Waals surface area contributed by atoms with E-state index in [4.69, 9.17) is 4.74 Å². The van der Waals surface area contributed by atoms with Crippen molar-refractivity contribution < 1.29 is 18.3 Å².